The lowest BCUT2D eigenvalue weighted by Crippen LogP contribution is -2.48. The van der Waals surface area contributed by atoms with E-state index in [9.17, 15) is 8.42 Å². The zero-order valence-electron chi connectivity index (χ0n) is 13.1. The lowest BCUT2D eigenvalue weighted by Gasteiger charge is -2.33. The molecule has 120 valence electrons. The first-order valence-electron chi connectivity index (χ1n) is 7.62. The molecule has 1 aliphatic rings. The van der Waals surface area contributed by atoms with Gasteiger partial charge in [-0.3, -0.25) is 4.90 Å². The van der Waals surface area contributed by atoms with Crippen molar-refractivity contribution in [3.63, 3.8) is 0 Å². The van der Waals surface area contributed by atoms with Gasteiger partial charge in [-0.15, -0.1) is 0 Å². The molecular formula is C15H22N4O2S. The number of benzene rings is 1. The third kappa shape index (κ3) is 2.88. The number of sulfonamides is 1. The fourth-order valence-corrected chi connectivity index (χ4v) is 3.97. The van der Waals surface area contributed by atoms with Gasteiger partial charge in [-0.1, -0.05) is 12.1 Å². The Bertz CT molecular complexity index is 761. The minimum atomic E-state index is -3.06. The van der Waals surface area contributed by atoms with Gasteiger partial charge in [-0.2, -0.15) is 4.31 Å². The molecule has 3 rings (SSSR count). The van der Waals surface area contributed by atoms with Crippen molar-refractivity contribution >= 4 is 21.1 Å². The van der Waals surface area contributed by atoms with Gasteiger partial charge in [0.05, 0.1) is 23.3 Å². The highest BCUT2D eigenvalue weighted by molar-refractivity contribution is 7.89. The SMILES string of the molecule is CCS(=O)(=O)N1CCN(Cc2nc3ccccc3n2C)CC1. The number of piperazine rings is 1. The van der Waals surface area contributed by atoms with Gasteiger partial charge in [0.25, 0.3) is 0 Å². The van der Waals surface area contributed by atoms with E-state index in [0.29, 0.717) is 13.1 Å². The molecule has 0 bridgehead atoms. The van der Waals surface area contributed by atoms with E-state index in [4.69, 9.17) is 0 Å². The molecule has 6 nitrogen and oxygen atoms in total. The lowest BCUT2D eigenvalue weighted by molar-refractivity contribution is 0.177. The molecule has 7 heteroatoms. The minimum absolute atomic E-state index is 0.178. The third-order valence-corrected chi connectivity index (χ3v) is 6.22. The number of para-hydroxylation sites is 2. The number of hydrogen-bond acceptors (Lipinski definition) is 4. The summed E-state index contributed by atoms with van der Waals surface area (Å²) in [5.74, 6) is 1.20. The molecule has 0 aliphatic carbocycles. The highest BCUT2D eigenvalue weighted by Crippen LogP contribution is 2.17. The highest BCUT2D eigenvalue weighted by Gasteiger charge is 2.26. The summed E-state index contributed by atoms with van der Waals surface area (Å²) < 4.78 is 27.5. The molecule has 2 aromatic rings. The third-order valence-electron chi connectivity index (χ3n) is 4.33. The smallest absolute Gasteiger partial charge is 0.213 e. The van der Waals surface area contributed by atoms with E-state index in [-0.39, 0.29) is 5.75 Å². The molecule has 22 heavy (non-hydrogen) atoms. The number of aromatic nitrogens is 2. The Morgan fingerprint density at radius 1 is 1.14 bits per heavy atom. The molecule has 0 atom stereocenters. The van der Waals surface area contributed by atoms with Crippen molar-refractivity contribution < 1.29 is 8.42 Å². The molecule has 0 amide bonds. The van der Waals surface area contributed by atoms with Crippen molar-refractivity contribution in [2.24, 2.45) is 7.05 Å². The van der Waals surface area contributed by atoms with E-state index in [2.05, 4.69) is 20.5 Å². The zero-order valence-corrected chi connectivity index (χ0v) is 13.9. The monoisotopic (exact) mass is 322 g/mol. The quantitative estimate of drug-likeness (QED) is 0.844. The van der Waals surface area contributed by atoms with Gasteiger partial charge in [-0.05, 0) is 19.1 Å². The molecule has 1 saturated heterocycles. The van der Waals surface area contributed by atoms with Crippen molar-refractivity contribution in [2.45, 2.75) is 13.5 Å². The van der Waals surface area contributed by atoms with Gasteiger partial charge in [-0.25, -0.2) is 13.4 Å². The van der Waals surface area contributed by atoms with Crippen LogP contribution >= 0.6 is 0 Å². The van der Waals surface area contributed by atoms with Crippen LogP contribution in [0.3, 0.4) is 0 Å². The van der Waals surface area contributed by atoms with E-state index < -0.39 is 10.0 Å². The second kappa shape index (κ2) is 5.98. The van der Waals surface area contributed by atoms with Crippen molar-refractivity contribution in [1.82, 2.24) is 18.8 Å². The van der Waals surface area contributed by atoms with Crippen LogP contribution < -0.4 is 0 Å². The van der Waals surface area contributed by atoms with Crippen molar-refractivity contribution in [1.29, 1.82) is 0 Å². The lowest BCUT2D eigenvalue weighted by atomic mass is 10.3. The van der Waals surface area contributed by atoms with Gasteiger partial charge in [0.2, 0.25) is 10.0 Å². The van der Waals surface area contributed by atoms with E-state index in [0.717, 1.165) is 36.5 Å². The Kier molecular flexibility index (Phi) is 4.20. The summed E-state index contributed by atoms with van der Waals surface area (Å²) in [7, 11) is -1.03. The molecule has 1 aromatic heterocycles. The van der Waals surface area contributed by atoms with E-state index in [1.807, 2.05) is 25.2 Å². The molecule has 1 fully saturated rings. The van der Waals surface area contributed by atoms with E-state index in [1.54, 1.807) is 11.2 Å². The predicted octanol–water partition coefficient (Wildman–Crippen LogP) is 1.04. The fraction of sp³-hybridized carbons (Fsp3) is 0.533. The van der Waals surface area contributed by atoms with Crippen LogP contribution in [0, 0.1) is 0 Å². The standard InChI is InChI=1S/C15H22N4O2S/c1-3-22(20,21)19-10-8-18(9-11-19)12-15-16-13-6-4-5-7-14(13)17(15)2/h4-7H,3,8-12H2,1-2H3. The Morgan fingerprint density at radius 2 is 1.82 bits per heavy atom. The minimum Gasteiger partial charge on any atom is -0.330 e. The number of fused-ring (bicyclic) bond motifs is 1. The molecule has 0 spiro atoms. The Morgan fingerprint density at radius 3 is 2.45 bits per heavy atom. The van der Waals surface area contributed by atoms with Crippen LogP contribution in [0.5, 0.6) is 0 Å². The van der Waals surface area contributed by atoms with Gasteiger partial charge in [0, 0.05) is 33.2 Å². The number of rotatable bonds is 4. The average molecular weight is 322 g/mol. The van der Waals surface area contributed by atoms with Crippen LogP contribution in [0.15, 0.2) is 24.3 Å². The summed E-state index contributed by atoms with van der Waals surface area (Å²) in [6.07, 6.45) is 0. The second-order valence-electron chi connectivity index (χ2n) is 5.65. The molecular weight excluding hydrogens is 300 g/mol. The van der Waals surface area contributed by atoms with Crippen LogP contribution in [0.1, 0.15) is 12.7 Å². The molecule has 0 N–H and O–H groups in total. The summed E-state index contributed by atoms with van der Waals surface area (Å²) in [6, 6.07) is 8.10. The predicted molar refractivity (Wildman–Crippen MR) is 87.0 cm³/mol. The Labute approximate surface area is 131 Å². The Balaban J connectivity index is 1.69. The van der Waals surface area contributed by atoms with Crippen LogP contribution in [-0.4, -0.2) is 59.1 Å². The second-order valence-corrected chi connectivity index (χ2v) is 7.91. The maximum atomic E-state index is 11.9. The summed E-state index contributed by atoms with van der Waals surface area (Å²) in [6.45, 7) is 5.09. The molecule has 0 radical (unpaired) electrons. The summed E-state index contributed by atoms with van der Waals surface area (Å²) >= 11 is 0. The van der Waals surface area contributed by atoms with Gasteiger partial charge in [0.15, 0.2) is 0 Å². The van der Waals surface area contributed by atoms with Crippen molar-refractivity contribution in [3.8, 4) is 0 Å². The van der Waals surface area contributed by atoms with Crippen molar-refractivity contribution in [2.75, 3.05) is 31.9 Å². The summed E-state index contributed by atoms with van der Waals surface area (Å²) in [4.78, 5) is 6.95. The first kappa shape index (κ1) is 15.5. The van der Waals surface area contributed by atoms with Crippen LogP contribution in [0.2, 0.25) is 0 Å². The molecule has 1 aromatic carbocycles. The normalized spacial score (nSPS) is 18.1. The highest BCUT2D eigenvalue weighted by atomic mass is 32.2. The maximum Gasteiger partial charge on any atom is 0.213 e. The van der Waals surface area contributed by atoms with Crippen LogP contribution in [0.25, 0.3) is 11.0 Å². The topological polar surface area (TPSA) is 58.4 Å². The zero-order chi connectivity index (χ0) is 15.7. The molecule has 0 saturated carbocycles. The average Bonchev–Trinajstić information content (AvgIpc) is 2.84. The summed E-state index contributed by atoms with van der Waals surface area (Å²) in [5, 5.41) is 0. The molecule has 0 unspecified atom stereocenters. The Hall–Kier alpha value is -1.44. The number of hydrogen-bond donors (Lipinski definition) is 0. The van der Waals surface area contributed by atoms with E-state index >= 15 is 0 Å². The number of nitrogens with zero attached hydrogens (tertiary/aromatic N) is 4. The van der Waals surface area contributed by atoms with Crippen molar-refractivity contribution in [3.05, 3.63) is 30.1 Å². The fourth-order valence-electron chi connectivity index (χ4n) is 2.89. The molecule has 2 heterocycles. The van der Waals surface area contributed by atoms with Gasteiger partial charge in [0.1, 0.15) is 5.82 Å². The number of aryl methyl sites for hydroxylation is 1. The first-order chi connectivity index (χ1) is 10.5. The van der Waals surface area contributed by atoms with Crippen LogP contribution in [-0.2, 0) is 23.6 Å². The van der Waals surface area contributed by atoms with E-state index in [1.165, 1.54) is 0 Å². The van der Waals surface area contributed by atoms with Gasteiger partial charge < -0.3 is 4.57 Å². The van der Waals surface area contributed by atoms with Crippen LogP contribution in [0.4, 0.5) is 0 Å². The maximum absolute atomic E-state index is 11.9. The van der Waals surface area contributed by atoms with Gasteiger partial charge >= 0.3 is 0 Å². The largest absolute Gasteiger partial charge is 0.330 e. The molecule has 1 aliphatic heterocycles. The first-order valence-corrected chi connectivity index (χ1v) is 9.22. The number of imidazole rings is 1. The summed E-state index contributed by atoms with van der Waals surface area (Å²) in [5.41, 5.74) is 2.14.